The van der Waals surface area contributed by atoms with Crippen molar-refractivity contribution >= 4 is 23.4 Å². The predicted molar refractivity (Wildman–Crippen MR) is 104 cm³/mol. The summed E-state index contributed by atoms with van der Waals surface area (Å²) in [6.45, 7) is -0.597. The van der Waals surface area contributed by atoms with Gasteiger partial charge in [-0.25, -0.2) is 9.78 Å². The number of anilines is 2. The Hall–Kier alpha value is -3.61. The van der Waals surface area contributed by atoms with Crippen LogP contribution in [-0.4, -0.2) is 29.0 Å². The van der Waals surface area contributed by atoms with E-state index in [2.05, 4.69) is 21.7 Å². The van der Waals surface area contributed by atoms with Crippen LogP contribution in [0.2, 0.25) is 0 Å². The first-order valence-corrected chi connectivity index (χ1v) is 9.51. The van der Waals surface area contributed by atoms with Crippen LogP contribution in [0.25, 0.3) is 0 Å². The highest BCUT2D eigenvalue weighted by Gasteiger charge is 2.35. The monoisotopic (exact) mass is 432 g/mol. The van der Waals surface area contributed by atoms with Gasteiger partial charge in [-0.1, -0.05) is 6.07 Å². The molecule has 162 valence electrons. The maximum absolute atomic E-state index is 12.9. The van der Waals surface area contributed by atoms with Crippen molar-refractivity contribution in [3.63, 3.8) is 0 Å². The molecule has 2 N–H and O–H groups in total. The van der Waals surface area contributed by atoms with Gasteiger partial charge in [0, 0.05) is 11.9 Å². The lowest BCUT2D eigenvalue weighted by Crippen LogP contribution is -2.46. The quantitative estimate of drug-likeness (QED) is 0.670. The van der Waals surface area contributed by atoms with Gasteiger partial charge in [0.05, 0.1) is 11.6 Å². The van der Waals surface area contributed by atoms with Gasteiger partial charge in [-0.15, -0.1) is 0 Å². The van der Waals surface area contributed by atoms with Crippen molar-refractivity contribution in [1.82, 2.24) is 10.3 Å². The summed E-state index contributed by atoms with van der Waals surface area (Å²) < 4.78 is 43.8. The van der Waals surface area contributed by atoms with Crippen molar-refractivity contribution in [3.05, 3.63) is 53.7 Å². The van der Waals surface area contributed by atoms with Crippen LogP contribution in [-0.2, 0) is 15.7 Å². The maximum atomic E-state index is 12.9. The molecule has 1 aromatic heterocycles. The van der Waals surface area contributed by atoms with Crippen LogP contribution in [0.4, 0.5) is 24.7 Å². The van der Waals surface area contributed by atoms with E-state index in [4.69, 9.17) is 4.74 Å². The zero-order valence-electron chi connectivity index (χ0n) is 16.3. The van der Waals surface area contributed by atoms with E-state index in [-0.39, 0.29) is 17.1 Å². The fourth-order valence-corrected chi connectivity index (χ4v) is 3.33. The summed E-state index contributed by atoms with van der Waals surface area (Å²) in [5, 5.41) is 14.6. The fourth-order valence-electron chi connectivity index (χ4n) is 3.33. The number of alkyl halides is 3. The average molecular weight is 432 g/mol. The predicted octanol–water partition coefficient (Wildman–Crippen LogP) is 3.95. The summed E-state index contributed by atoms with van der Waals surface area (Å²) in [6.07, 6.45) is -0.428. The number of esters is 1. The van der Waals surface area contributed by atoms with E-state index in [9.17, 15) is 28.0 Å². The Balaban J connectivity index is 1.67. The molecule has 0 radical (unpaired) electrons. The van der Waals surface area contributed by atoms with E-state index in [1.807, 2.05) is 0 Å². The largest absolute Gasteiger partial charge is 0.452 e. The number of benzene rings is 1. The number of nitrogens with zero attached hydrogens (tertiary/aromatic N) is 2. The zero-order valence-corrected chi connectivity index (χ0v) is 16.3. The third-order valence-electron chi connectivity index (χ3n) is 4.86. The fraction of sp³-hybridized carbons (Fsp3) is 0.333. The first-order valence-electron chi connectivity index (χ1n) is 9.51. The van der Waals surface area contributed by atoms with Gasteiger partial charge in [0.25, 0.3) is 5.91 Å². The first kappa shape index (κ1) is 22.1. The summed E-state index contributed by atoms with van der Waals surface area (Å²) >= 11 is 0. The Labute approximate surface area is 176 Å². The van der Waals surface area contributed by atoms with E-state index in [1.165, 1.54) is 30.5 Å². The molecular weight excluding hydrogens is 413 g/mol. The summed E-state index contributed by atoms with van der Waals surface area (Å²) in [7, 11) is 0. The molecule has 0 bridgehead atoms. The van der Waals surface area contributed by atoms with Crippen molar-refractivity contribution < 1.29 is 27.5 Å². The number of ether oxygens (including phenoxy) is 1. The van der Waals surface area contributed by atoms with E-state index >= 15 is 0 Å². The lowest BCUT2D eigenvalue weighted by Gasteiger charge is -2.21. The SMILES string of the molecule is N#CC1(NC(=O)COC(=O)c2cccnc2Nc2cccc(C(F)(F)F)c2)CCCC1. The summed E-state index contributed by atoms with van der Waals surface area (Å²) in [4.78, 5) is 28.6. The third kappa shape index (κ3) is 5.51. The Morgan fingerprint density at radius 1 is 1.19 bits per heavy atom. The highest BCUT2D eigenvalue weighted by molar-refractivity contribution is 5.96. The van der Waals surface area contributed by atoms with Gasteiger partial charge >= 0.3 is 12.1 Å². The molecule has 0 spiro atoms. The molecule has 1 fully saturated rings. The molecular formula is C21H19F3N4O3. The van der Waals surface area contributed by atoms with Gasteiger partial charge in [0.1, 0.15) is 16.9 Å². The molecule has 1 aliphatic carbocycles. The standard InChI is InChI=1S/C21H19F3N4O3/c22-21(23,24)14-5-3-6-15(11-14)27-18-16(7-4-10-26-18)19(30)31-12-17(29)28-20(13-25)8-1-2-9-20/h3-7,10-11H,1-2,8-9,12H2,(H,26,27)(H,28,29). The zero-order chi connectivity index (χ0) is 22.5. The molecule has 2 aromatic rings. The Bertz CT molecular complexity index is 1010. The number of carbonyl (C=O) groups is 2. The molecule has 0 aliphatic heterocycles. The van der Waals surface area contributed by atoms with E-state index in [1.54, 1.807) is 0 Å². The van der Waals surface area contributed by atoms with Crippen LogP contribution < -0.4 is 10.6 Å². The number of amides is 1. The lowest BCUT2D eigenvalue weighted by molar-refractivity contribution is -0.137. The third-order valence-corrected chi connectivity index (χ3v) is 4.86. The number of hydrogen-bond acceptors (Lipinski definition) is 6. The summed E-state index contributed by atoms with van der Waals surface area (Å²) in [5.74, 6) is -1.50. The lowest BCUT2D eigenvalue weighted by atomic mass is 10.00. The number of aromatic nitrogens is 1. The number of carbonyl (C=O) groups excluding carboxylic acids is 2. The maximum Gasteiger partial charge on any atom is 0.416 e. The molecule has 0 atom stereocenters. The Morgan fingerprint density at radius 3 is 2.61 bits per heavy atom. The molecule has 1 heterocycles. The number of pyridine rings is 1. The number of halogens is 3. The first-order chi connectivity index (χ1) is 14.7. The van der Waals surface area contributed by atoms with Crippen molar-refractivity contribution in [3.8, 4) is 6.07 Å². The number of rotatable bonds is 6. The van der Waals surface area contributed by atoms with Gasteiger partial charge in [0.2, 0.25) is 0 Å². The minimum Gasteiger partial charge on any atom is -0.452 e. The number of hydrogen-bond donors (Lipinski definition) is 2. The second kappa shape index (κ2) is 9.04. The molecule has 1 aliphatic rings. The van der Waals surface area contributed by atoms with Crippen molar-refractivity contribution in [2.75, 3.05) is 11.9 Å². The summed E-state index contributed by atoms with van der Waals surface area (Å²) in [6, 6.07) is 9.37. The van der Waals surface area contributed by atoms with Crippen LogP contribution >= 0.6 is 0 Å². The molecule has 3 rings (SSSR count). The van der Waals surface area contributed by atoms with Crippen LogP contribution in [0.5, 0.6) is 0 Å². The van der Waals surface area contributed by atoms with Crippen molar-refractivity contribution in [2.24, 2.45) is 0 Å². The minimum absolute atomic E-state index is 0.0171. The van der Waals surface area contributed by atoms with E-state index in [0.717, 1.165) is 25.0 Å². The van der Waals surface area contributed by atoms with Crippen molar-refractivity contribution in [2.45, 2.75) is 37.4 Å². The van der Waals surface area contributed by atoms with Crippen LogP contribution in [0.1, 0.15) is 41.6 Å². The second-order valence-corrected chi connectivity index (χ2v) is 7.13. The Kier molecular flexibility index (Phi) is 6.44. The van der Waals surface area contributed by atoms with Gasteiger partial charge in [-0.2, -0.15) is 18.4 Å². The molecule has 0 unspecified atom stereocenters. The van der Waals surface area contributed by atoms with Gasteiger partial charge in [0.15, 0.2) is 6.61 Å². The van der Waals surface area contributed by atoms with Gasteiger partial charge in [-0.3, -0.25) is 4.79 Å². The highest BCUT2D eigenvalue weighted by Crippen LogP contribution is 2.32. The normalized spacial score (nSPS) is 15.0. The molecule has 1 saturated carbocycles. The number of nitrogens with one attached hydrogen (secondary N) is 2. The number of nitriles is 1. The average Bonchev–Trinajstić information content (AvgIpc) is 3.21. The molecule has 1 amide bonds. The van der Waals surface area contributed by atoms with Crippen molar-refractivity contribution in [1.29, 1.82) is 5.26 Å². The van der Waals surface area contributed by atoms with Crippen LogP contribution in [0.15, 0.2) is 42.6 Å². The molecule has 10 heteroatoms. The van der Waals surface area contributed by atoms with E-state index < -0.39 is 35.8 Å². The Morgan fingerprint density at radius 2 is 1.94 bits per heavy atom. The molecule has 0 saturated heterocycles. The molecule has 31 heavy (non-hydrogen) atoms. The highest BCUT2D eigenvalue weighted by atomic mass is 19.4. The van der Waals surface area contributed by atoms with E-state index in [0.29, 0.717) is 12.8 Å². The second-order valence-electron chi connectivity index (χ2n) is 7.13. The van der Waals surface area contributed by atoms with Crippen LogP contribution in [0.3, 0.4) is 0 Å². The molecule has 7 nitrogen and oxygen atoms in total. The van der Waals surface area contributed by atoms with Crippen LogP contribution in [0, 0.1) is 11.3 Å². The van der Waals surface area contributed by atoms with Gasteiger partial charge < -0.3 is 15.4 Å². The topological polar surface area (TPSA) is 104 Å². The summed E-state index contributed by atoms with van der Waals surface area (Å²) in [5.41, 5.74) is -1.76. The smallest absolute Gasteiger partial charge is 0.416 e. The van der Waals surface area contributed by atoms with Gasteiger partial charge in [-0.05, 0) is 56.0 Å². The minimum atomic E-state index is -4.52. The molecule has 1 aromatic carbocycles.